The van der Waals surface area contributed by atoms with E-state index in [0.717, 1.165) is 81.3 Å². The molecule has 2 aliphatic rings. The van der Waals surface area contributed by atoms with E-state index in [1.165, 1.54) is 0 Å². The zero-order chi connectivity index (χ0) is 26.4. The number of hydrogen-bond donors (Lipinski definition) is 0. The number of amides is 1. The maximum Gasteiger partial charge on any atom is 0.223 e. The summed E-state index contributed by atoms with van der Waals surface area (Å²) in [6.07, 6.45) is 2.57. The molecule has 0 saturated carbocycles. The highest BCUT2D eigenvalue weighted by Crippen LogP contribution is 2.39. The number of hydrogen-bond acceptors (Lipinski definition) is 5. The van der Waals surface area contributed by atoms with E-state index in [9.17, 15) is 4.79 Å². The lowest BCUT2D eigenvalue weighted by atomic mass is 9.86. The minimum Gasteiger partial charge on any atom is -0.496 e. The highest BCUT2D eigenvalue weighted by atomic mass is 16.5. The quantitative estimate of drug-likeness (QED) is 0.510. The van der Waals surface area contributed by atoms with E-state index >= 15 is 0 Å². The Labute approximate surface area is 223 Å². The number of methoxy groups -OCH3 is 2. The summed E-state index contributed by atoms with van der Waals surface area (Å²) in [6, 6.07) is 16.0. The largest absolute Gasteiger partial charge is 0.496 e. The summed E-state index contributed by atoms with van der Waals surface area (Å²) in [5.74, 6) is 2.35. The van der Waals surface area contributed by atoms with Gasteiger partial charge in [0.2, 0.25) is 5.91 Å². The van der Waals surface area contributed by atoms with E-state index in [1.807, 2.05) is 36.4 Å². The SMILES string of the molecule is COc1ccccc1C(CC(=O)N1CCC(CN2CCN(C(C)(C)C)CC2)CC1)c1ccccc1OC. The Hall–Kier alpha value is -2.57. The number of para-hydroxylation sites is 2. The van der Waals surface area contributed by atoms with Gasteiger partial charge in [-0.15, -0.1) is 0 Å². The van der Waals surface area contributed by atoms with Crippen molar-refractivity contribution in [3.05, 3.63) is 59.7 Å². The molecule has 0 unspecified atom stereocenters. The molecule has 2 fully saturated rings. The Morgan fingerprint density at radius 1 is 0.838 bits per heavy atom. The molecule has 1 amide bonds. The average molecular weight is 508 g/mol. The molecule has 202 valence electrons. The zero-order valence-corrected chi connectivity index (χ0v) is 23.4. The third kappa shape index (κ3) is 6.85. The molecule has 0 aliphatic carbocycles. The highest BCUT2D eigenvalue weighted by molar-refractivity contribution is 5.78. The molecule has 2 aliphatic heterocycles. The minimum absolute atomic E-state index is 0.128. The Kier molecular flexibility index (Phi) is 9.14. The molecule has 0 radical (unpaired) electrons. The van der Waals surface area contributed by atoms with Gasteiger partial charge in [0, 0.05) is 74.8 Å². The lowest BCUT2D eigenvalue weighted by Gasteiger charge is -2.43. The van der Waals surface area contributed by atoms with Gasteiger partial charge in [-0.25, -0.2) is 0 Å². The number of benzene rings is 2. The van der Waals surface area contributed by atoms with E-state index < -0.39 is 0 Å². The standard InChI is InChI=1S/C31H45N3O3/c1-31(2,3)34-20-18-32(19-21-34)23-24-14-16-33(17-15-24)30(35)22-27(25-10-6-8-12-28(25)36-4)26-11-7-9-13-29(26)37-5/h6-13,24,27H,14-23H2,1-5H3. The second kappa shape index (κ2) is 12.3. The van der Waals surface area contributed by atoms with Crippen LogP contribution in [0.2, 0.25) is 0 Å². The lowest BCUT2D eigenvalue weighted by Crippen LogP contribution is -2.54. The summed E-state index contributed by atoms with van der Waals surface area (Å²) in [4.78, 5) is 20.9. The Bertz CT molecular complexity index is 971. The highest BCUT2D eigenvalue weighted by Gasteiger charge is 2.31. The van der Waals surface area contributed by atoms with Crippen LogP contribution >= 0.6 is 0 Å². The van der Waals surface area contributed by atoms with Gasteiger partial charge in [0.1, 0.15) is 11.5 Å². The van der Waals surface area contributed by atoms with Gasteiger partial charge in [-0.2, -0.15) is 0 Å². The number of ether oxygens (including phenoxy) is 2. The maximum atomic E-state index is 13.6. The van der Waals surface area contributed by atoms with Gasteiger partial charge in [0.15, 0.2) is 0 Å². The molecule has 2 heterocycles. The lowest BCUT2D eigenvalue weighted by molar-refractivity contribution is -0.132. The second-order valence-corrected chi connectivity index (χ2v) is 11.5. The van der Waals surface area contributed by atoms with Crippen molar-refractivity contribution < 1.29 is 14.3 Å². The zero-order valence-electron chi connectivity index (χ0n) is 23.4. The second-order valence-electron chi connectivity index (χ2n) is 11.5. The molecule has 0 N–H and O–H groups in total. The fourth-order valence-electron chi connectivity index (χ4n) is 5.93. The first-order valence-corrected chi connectivity index (χ1v) is 13.8. The number of carbonyl (C=O) groups excluding carboxylic acids is 1. The normalized spacial score (nSPS) is 18.3. The predicted octanol–water partition coefficient (Wildman–Crippen LogP) is 4.88. The van der Waals surface area contributed by atoms with Gasteiger partial charge in [-0.05, 0) is 51.7 Å². The van der Waals surface area contributed by atoms with E-state index in [0.29, 0.717) is 12.3 Å². The van der Waals surface area contributed by atoms with Gasteiger partial charge < -0.3 is 19.3 Å². The molecule has 6 heteroatoms. The Morgan fingerprint density at radius 3 is 1.84 bits per heavy atom. The van der Waals surface area contributed by atoms with Crippen molar-refractivity contribution in [1.29, 1.82) is 0 Å². The topological polar surface area (TPSA) is 45.2 Å². The van der Waals surface area contributed by atoms with Gasteiger partial charge in [0.25, 0.3) is 0 Å². The molecular weight excluding hydrogens is 462 g/mol. The predicted molar refractivity (Wildman–Crippen MR) is 150 cm³/mol. The third-order valence-electron chi connectivity index (χ3n) is 8.21. The molecule has 0 aromatic heterocycles. The van der Waals surface area contributed by atoms with E-state index in [4.69, 9.17) is 9.47 Å². The van der Waals surface area contributed by atoms with Gasteiger partial charge in [0.05, 0.1) is 14.2 Å². The maximum absolute atomic E-state index is 13.6. The number of likely N-dealkylation sites (tertiary alicyclic amines) is 1. The minimum atomic E-state index is -0.128. The number of nitrogens with zero attached hydrogens (tertiary/aromatic N) is 3. The van der Waals surface area contributed by atoms with Gasteiger partial charge >= 0.3 is 0 Å². The van der Waals surface area contributed by atoms with Crippen LogP contribution in [-0.2, 0) is 4.79 Å². The summed E-state index contributed by atoms with van der Waals surface area (Å²) in [5.41, 5.74) is 2.29. The van der Waals surface area contributed by atoms with E-state index in [1.54, 1.807) is 14.2 Å². The number of carbonyl (C=O) groups is 1. The average Bonchev–Trinajstić information content (AvgIpc) is 2.92. The molecular formula is C31H45N3O3. The first-order valence-electron chi connectivity index (χ1n) is 13.8. The number of piperidine rings is 1. The van der Waals surface area contributed by atoms with Gasteiger partial charge in [-0.3, -0.25) is 9.69 Å². The summed E-state index contributed by atoms with van der Waals surface area (Å²) in [5, 5.41) is 0. The van der Waals surface area contributed by atoms with Crippen LogP contribution < -0.4 is 9.47 Å². The molecule has 6 nitrogen and oxygen atoms in total. The fraction of sp³-hybridized carbons (Fsp3) is 0.581. The van der Waals surface area contributed by atoms with Crippen LogP contribution in [0.3, 0.4) is 0 Å². The fourth-order valence-corrected chi connectivity index (χ4v) is 5.93. The first-order chi connectivity index (χ1) is 17.8. The van der Waals surface area contributed by atoms with Gasteiger partial charge in [-0.1, -0.05) is 36.4 Å². The number of piperazine rings is 1. The van der Waals surface area contributed by atoms with Crippen LogP contribution in [0.4, 0.5) is 0 Å². The van der Waals surface area contributed by atoms with Crippen molar-refractivity contribution in [2.24, 2.45) is 5.92 Å². The number of rotatable bonds is 8. The summed E-state index contributed by atoms with van der Waals surface area (Å²) >= 11 is 0. The van der Waals surface area contributed by atoms with Crippen molar-refractivity contribution in [2.45, 2.75) is 51.5 Å². The summed E-state index contributed by atoms with van der Waals surface area (Å²) in [6.45, 7) is 14.4. The van der Waals surface area contributed by atoms with Crippen LogP contribution in [0.1, 0.15) is 57.1 Å². The molecule has 2 saturated heterocycles. The van der Waals surface area contributed by atoms with Crippen molar-refractivity contribution in [2.75, 3.05) is 60.0 Å². The molecule has 0 bridgehead atoms. The first kappa shape index (κ1) is 27.5. The third-order valence-corrected chi connectivity index (χ3v) is 8.21. The summed E-state index contributed by atoms with van der Waals surface area (Å²) < 4.78 is 11.4. The molecule has 37 heavy (non-hydrogen) atoms. The molecule has 2 aromatic carbocycles. The van der Waals surface area contributed by atoms with Crippen LogP contribution in [-0.4, -0.2) is 86.2 Å². The van der Waals surface area contributed by atoms with E-state index in [2.05, 4.69) is 47.6 Å². The van der Waals surface area contributed by atoms with Crippen LogP contribution in [0.25, 0.3) is 0 Å². The molecule has 4 rings (SSSR count). The van der Waals surface area contributed by atoms with Crippen molar-refractivity contribution >= 4 is 5.91 Å². The Morgan fingerprint density at radius 2 is 1.35 bits per heavy atom. The summed E-state index contributed by atoms with van der Waals surface area (Å²) in [7, 11) is 3.38. The smallest absolute Gasteiger partial charge is 0.223 e. The van der Waals surface area contributed by atoms with Crippen LogP contribution in [0, 0.1) is 5.92 Å². The van der Waals surface area contributed by atoms with Crippen molar-refractivity contribution in [1.82, 2.24) is 14.7 Å². The molecule has 0 spiro atoms. The Balaban J connectivity index is 1.38. The molecule has 2 aromatic rings. The van der Waals surface area contributed by atoms with Crippen LogP contribution in [0.15, 0.2) is 48.5 Å². The monoisotopic (exact) mass is 507 g/mol. The van der Waals surface area contributed by atoms with Crippen molar-refractivity contribution in [3.63, 3.8) is 0 Å². The van der Waals surface area contributed by atoms with E-state index in [-0.39, 0.29) is 17.4 Å². The van der Waals surface area contributed by atoms with Crippen LogP contribution in [0.5, 0.6) is 11.5 Å². The molecule has 0 atom stereocenters. The van der Waals surface area contributed by atoms with Crippen molar-refractivity contribution in [3.8, 4) is 11.5 Å².